The fourth-order valence-electron chi connectivity index (χ4n) is 2.35. The maximum atomic E-state index is 10.1. The third-order valence-electron chi connectivity index (χ3n) is 3.28. The van der Waals surface area contributed by atoms with Crippen LogP contribution in [0, 0.1) is 0 Å². The van der Waals surface area contributed by atoms with Crippen LogP contribution in [-0.4, -0.2) is 59.4 Å². The molecular formula is C12H22O6. The standard InChI is InChI=1S/C12H22O6/c1-6(2)16-11-9(14)8(13)10-12(4,18-11)5-15-7(3)17-10/h6-11,13-14H,5H2,1-4H3. The van der Waals surface area contributed by atoms with Crippen LogP contribution in [0.15, 0.2) is 0 Å². The summed E-state index contributed by atoms with van der Waals surface area (Å²) in [7, 11) is 0. The minimum Gasteiger partial charge on any atom is -0.387 e. The molecule has 2 N–H and O–H groups in total. The van der Waals surface area contributed by atoms with Crippen LogP contribution in [0.2, 0.25) is 0 Å². The maximum absolute atomic E-state index is 10.1. The molecule has 2 rings (SSSR count). The molecule has 106 valence electrons. The molecule has 6 atom stereocenters. The van der Waals surface area contributed by atoms with E-state index in [1.807, 2.05) is 13.8 Å². The summed E-state index contributed by atoms with van der Waals surface area (Å²) >= 11 is 0. The van der Waals surface area contributed by atoms with Crippen LogP contribution in [-0.2, 0) is 18.9 Å². The summed E-state index contributed by atoms with van der Waals surface area (Å²) in [5.74, 6) is 0. The highest BCUT2D eigenvalue weighted by Gasteiger charge is 2.55. The summed E-state index contributed by atoms with van der Waals surface area (Å²) in [6.07, 6.45) is -4.21. The molecule has 2 aliphatic heterocycles. The predicted octanol–water partition coefficient (Wildman–Crippen LogP) is 0.00960. The molecule has 6 heteroatoms. The highest BCUT2D eigenvalue weighted by molar-refractivity contribution is 5.00. The van der Waals surface area contributed by atoms with Gasteiger partial charge < -0.3 is 29.2 Å². The fraction of sp³-hybridized carbons (Fsp3) is 1.00. The third kappa shape index (κ3) is 2.54. The summed E-state index contributed by atoms with van der Waals surface area (Å²) in [5.41, 5.74) is -0.815. The van der Waals surface area contributed by atoms with E-state index in [4.69, 9.17) is 18.9 Å². The van der Waals surface area contributed by atoms with E-state index in [0.717, 1.165) is 0 Å². The lowest BCUT2D eigenvalue weighted by molar-refractivity contribution is -0.391. The van der Waals surface area contributed by atoms with E-state index in [1.165, 1.54) is 0 Å². The Morgan fingerprint density at radius 3 is 2.56 bits per heavy atom. The summed E-state index contributed by atoms with van der Waals surface area (Å²) in [5, 5.41) is 20.2. The Labute approximate surface area is 107 Å². The average Bonchev–Trinajstić information content (AvgIpc) is 2.28. The molecular weight excluding hydrogens is 240 g/mol. The van der Waals surface area contributed by atoms with Crippen molar-refractivity contribution in [2.45, 2.75) is 70.3 Å². The highest BCUT2D eigenvalue weighted by Crippen LogP contribution is 2.36. The topological polar surface area (TPSA) is 77.4 Å². The Morgan fingerprint density at radius 2 is 1.94 bits per heavy atom. The highest BCUT2D eigenvalue weighted by atomic mass is 16.8. The summed E-state index contributed by atoms with van der Waals surface area (Å²) in [6, 6.07) is 0. The zero-order valence-corrected chi connectivity index (χ0v) is 11.2. The van der Waals surface area contributed by atoms with Gasteiger partial charge in [-0.1, -0.05) is 0 Å². The Kier molecular flexibility index (Phi) is 3.96. The fourth-order valence-corrected chi connectivity index (χ4v) is 2.35. The summed E-state index contributed by atoms with van der Waals surface area (Å²) < 4.78 is 22.1. The molecule has 0 saturated carbocycles. The number of hydrogen-bond acceptors (Lipinski definition) is 6. The number of hydrogen-bond donors (Lipinski definition) is 2. The molecule has 0 aromatic heterocycles. The number of ether oxygens (including phenoxy) is 4. The molecule has 0 aliphatic carbocycles. The van der Waals surface area contributed by atoms with Crippen LogP contribution in [0.3, 0.4) is 0 Å². The molecule has 0 aromatic carbocycles. The first kappa shape index (κ1) is 14.2. The molecule has 6 unspecified atom stereocenters. The lowest BCUT2D eigenvalue weighted by Gasteiger charge is -2.51. The van der Waals surface area contributed by atoms with E-state index in [-0.39, 0.29) is 6.10 Å². The number of aliphatic hydroxyl groups excluding tert-OH is 2. The monoisotopic (exact) mass is 262 g/mol. The summed E-state index contributed by atoms with van der Waals surface area (Å²) in [4.78, 5) is 0. The zero-order chi connectivity index (χ0) is 13.5. The van der Waals surface area contributed by atoms with E-state index in [2.05, 4.69) is 0 Å². The minimum absolute atomic E-state index is 0.110. The van der Waals surface area contributed by atoms with Crippen LogP contribution >= 0.6 is 0 Å². The van der Waals surface area contributed by atoms with Gasteiger partial charge in [-0.15, -0.1) is 0 Å². The van der Waals surface area contributed by atoms with Gasteiger partial charge in [0.05, 0.1) is 12.7 Å². The molecule has 18 heavy (non-hydrogen) atoms. The first-order valence-electron chi connectivity index (χ1n) is 6.30. The first-order valence-corrected chi connectivity index (χ1v) is 6.30. The predicted molar refractivity (Wildman–Crippen MR) is 61.8 cm³/mol. The zero-order valence-electron chi connectivity index (χ0n) is 11.2. The van der Waals surface area contributed by atoms with E-state index < -0.39 is 36.5 Å². The van der Waals surface area contributed by atoms with Crippen LogP contribution in [0.25, 0.3) is 0 Å². The molecule has 2 heterocycles. The first-order chi connectivity index (χ1) is 8.33. The third-order valence-corrected chi connectivity index (χ3v) is 3.28. The molecule has 6 nitrogen and oxygen atoms in total. The summed E-state index contributed by atoms with van der Waals surface area (Å²) in [6.45, 7) is 7.50. The molecule has 0 bridgehead atoms. The van der Waals surface area contributed by atoms with E-state index in [0.29, 0.717) is 6.61 Å². The second kappa shape index (κ2) is 5.03. The Hall–Kier alpha value is -0.240. The minimum atomic E-state index is -1.13. The molecule has 2 aliphatic rings. The van der Waals surface area contributed by atoms with Gasteiger partial charge in [0.1, 0.15) is 23.9 Å². The van der Waals surface area contributed by atoms with Gasteiger partial charge in [0, 0.05) is 0 Å². The van der Waals surface area contributed by atoms with Crippen LogP contribution in [0.5, 0.6) is 0 Å². The molecule has 0 amide bonds. The SMILES string of the molecule is CC(C)OC1OC2(C)COC(C)OC2C(O)C1O. The van der Waals surface area contributed by atoms with Crippen molar-refractivity contribution in [1.82, 2.24) is 0 Å². The van der Waals surface area contributed by atoms with Gasteiger partial charge in [-0.3, -0.25) is 0 Å². The van der Waals surface area contributed by atoms with Gasteiger partial charge in [0.25, 0.3) is 0 Å². The molecule has 0 spiro atoms. The van der Waals surface area contributed by atoms with Crippen molar-refractivity contribution in [3.63, 3.8) is 0 Å². The molecule has 0 radical (unpaired) electrons. The van der Waals surface area contributed by atoms with Gasteiger partial charge in [-0.05, 0) is 27.7 Å². The maximum Gasteiger partial charge on any atom is 0.187 e. The Bertz CT molecular complexity index is 296. The smallest absolute Gasteiger partial charge is 0.187 e. The Balaban J connectivity index is 2.15. The molecule has 2 saturated heterocycles. The van der Waals surface area contributed by atoms with Crippen molar-refractivity contribution in [1.29, 1.82) is 0 Å². The lowest BCUT2D eigenvalue weighted by atomic mass is 9.88. The van der Waals surface area contributed by atoms with E-state index >= 15 is 0 Å². The van der Waals surface area contributed by atoms with Gasteiger partial charge in [0.15, 0.2) is 12.6 Å². The molecule has 2 fully saturated rings. The van der Waals surface area contributed by atoms with Gasteiger partial charge in [-0.25, -0.2) is 0 Å². The van der Waals surface area contributed by atoms with Crippen LogP contribution in [0.4, 0.5) is 0 Å². The van der Waals surface area contributed by atoms with Crippen molar-refractivity contribution in [3.8, 4) is 0 Å². The second-order valence-electron chi connectivity index (χ2n) is 5.40. The van der Waals surface area contributed by atoms with Crippen LogP contribution < -0.4 is 0 Å². The number of fused-ring (bicyclic) bond motifs is 1. The average molecular weight is 262 g/mol. The largest absolute Gasteiger partial charge is 0.387 e. The van der Waals surface area contributed by atoms with Crippen molar-refractivity contribution in [2.24, 2.45) is 0 Å². The number of rotatable bonds is 2. The second-order valence-corrected chi connectivity index (χ2v) is 5.40. The number of aliphatic hydroxyl groups is 2. The quantitative estimate of drug-likeness (QED) is 0.730. The van der Waals surface area contributed by atoms with Gasteiger partial charge >= 0.3 is 0 Å². The van der Waals surface area contributed by atoms with Gasteiger partial charge in [0.2, 0.25) is 0 Å². The Morgan fingerprint density at radius 1 is 1.28 bits per heavy atom. The van der Waals surface area contributed by atoms with Crippen molar-refractivity contribution in [3.05, 3.63) is 0 Å². The van der Waals surface area contributed by atoms with E-state index in [1.54, 1.807) is 13.8 Å². The van der Waals surface area contributed by atoms with Crippen molar-refractivity contribution < 1.29 is 29.2 Å². The van der Waals surface area contributed by atoms with E-state index in [9.17, 15) is 10.2 Å². The van der Waals surface area contributed by atoms with Crippen molar-refractivity contribution >= 4 is 0 Å². The van der Waals surface area contributed by atoms with Crippen molar-refractivity contribution in [2.75, 3.05) is 6.61 Å². The van der Waals surface area contributed by atoms with Crippen LogP contribution in [0.1, 0.15) is 27.7 Å². The normalized spacial score (nSPS) is 49.2. The van der Waals surface area contributed by atoms with Gasteiger partial charge in [-0.2, -0.15) is 0 Å². The molecule has 0 aromatic rings. The lowest BCUT2D eigenvalue weighted by Crippen LogP contribution is -2.68.